The maximum Gasteiger partial charge on any atom is 0.412 e. The summed E-state index contributed by atoms with van der Waals surface area (Å²) in [5, 5.41) is 2.30. The van der Waals surface area contributed by atoms with E-state index in [1.54, 1.807) is 13.8 Å². The van der Waals surface area contributed by atoms with Crippen LogP contribution < -0.4 is 10.1 Å². The quantitative estimate of drug-likeness (QED) is 0.492. The van der Waals surface area contributed by atoms with Crippen molar-refractivity contribution < 1.29 is 28.2 Å². The predicted molar refractivity (Wildman–Crippen MR) is 102 cm³/mol. The van der Waals surface area contributed by atoms with Gasteiger partial charge in [-0.1, -0.05) is 32.0 Å². The molecule has 0 aliphatic heterocycles. The topological polar surface area (TPSA) is 73.9 Å². The number of halogens is 2. The van der Waals surface area contributed by atoms with Crippen LogP contribution >= 0.6 is 11.6 Å². The molecule has 1 N–H and O–H groups in total. The molecule has 27 heavy (non-hydrogen) atoms. The summed E-state index contributed by atoms with van der Waals surface area (Å²) >= 11 is 5.93. The highest BCUT2D eigenvalue weighted by molar-refractivity contribution is 6.32. The number of hydrogen-bond donors (Lipinski definition) is 1. The number of anilines is 1. The van der Waals surface area contributed by atoms with Gasteiger partial charge in [0.15, 0.2) is 0 Å². The van der Waals surface area contributed by atoms with E-state index in [1.165, 1.54) is 13.0 Å². The first kappa shape index (κ1) is 22.8. The van der Waals surface area contributed by atoms with Crippen LogP contribution in [0.3, 0.4) is 0 Å². The van der Waals surface area contributed by atoms with Crippen LogP contribution in [0.2, 0.25) is 5.02 Å². The lowest BCUT2D eigenvalue weighted by atomic mass is 10.2. The van der Waals surface area contributed by atoms with Gasteiger partial charge in [0.1, 0.15) is 11.6 Å². The molecule has 1 unspecified atom stereocenters. The molecule has 0 aliphatic carbocycles. The normalized spacial score (nSPS) is 11.9. The van der Waals surface area contributed by atoms with Crippen LogP contribution in [-0.2, 0) is 14.3 Å². The molecule has 1 atom stereocenters. The van der Waals surface area contributed by atoms with E-state index >= 15 is 0 Å². The molecule has 0 radical (unpaired) electrons. The van der Waals surface area contributed by atoms with E-state index in [9.17, 15) is 14.0 Å². The van der Waals surface area contributed by atoms with Crippen LogP contribution in [0.25, 0.3) is 0 Å². The summed E-state index contributed by atoms with van der Waals surface area (Å²) in [5.74, 6) is -1.19. The number of esters is 1. The monoisotopic (exact) mass is 401 g/mol. The van der Waals surface area contributed by atoms with E-state index in [-0.39, 0.29) is 40.7 Å². The minimum absolute atomic E-state index is 0.0668. The van der Waals surface area contributed by atoms with Crippen LogP contribution in [0.15, 0.2) is 24.3 Å². The summed E-state index contributed by atoms with van der Waals surface area (Å²) in [4.78, 5) is 24.2. The summed E-state index contributed by atoms with van der Waals surface area (Å²) in [6.45, 7) is 12.6. The van der Waals surface area contributed by atoms with E-state index in [0.29, 0.717) is 0 Å². The van der Waals surface area contributed by atoms with E-state index in [0.717, 1.165) is 6.07 Å². The Balaban J connectivity index is 2.87. The smallest absolute Gasteiger partial charge is 0.412 e. The molecule has 0 fully saturated rings. The fourth-order valence-corrected chi connectivity index (χ4v) is 2.08. The van der Waals surface area contributed by atoms with Gasteiger partial charge in [-0.3, -0.25) is 5.32 Å². The van der Waals surface area contributed by atoms with Gasteiger partial charge in [-0.2, -0.15) is 0 Å². The van der Waals surface area contributed by atoms with Gasteiger partial charge in [0.2, 0.25) is 6.10 Å². The summed E-state index contributed by atoms with van der Waals surface area (Å²) in [5.41, 5.74) is 0.0791. The third-order valence-corrected chi connectivity index (χ3v) is 3.36. The Kier molecular flexibility index (Phi) is 8.56. The zero-order valence-corrected chi connectivity index (χ0v) is 16.9. The van der Waals surface area contributed by atoms with E-state index in [1.807, 2.05) is 13.8 Å². The largest absolute Gasteiger partial charge is 0.489 e. The second kappa shape index (κ2) is 10.2. The van der Waals surface area contributed by atoms with Gasteiger partial charge in [0.05, 0.1) is 23.4 Å². The lowest BCUT2D eigenvalue weighted by molar-refractivity contribution is -0.152. The van der Waals surface area contributed by atoms with Crippen molar-refractivity contribution in [3.05, 3.63) is 35.1 Å². The molecule has 0 saturated heterocycles. The Morgan fingerprint density at radius 2 is 1.89 bits per heavy atom. The van der Waals surface area contributed by atoms with Crippen LogP contribution in [0, 0.1) is 11.7 Å². The first-order valence-electron chi connectivity index (χ1n) is 8.46. The Labute approximate surface area is 163 Å². The maximum atomic E-state index is 14.1. The highest BCUT2D eigenvalue weighted by atomic mass is 35.5. The molecule has 150 valence electrons. The van der Waals surface area contributed by atoms with Crippen molar-refractivity contribution in [2.24, 2.45) is 5.92 Å². The average Bonchev–Trinajstić information content (AvgIpc) is 2.54. The predicted octanol–water partition coefficient (Wildman–Crippen LogP) is 4.96. The Morgan fingerprint density at radius 3 is 2.41 bits per heavy atom. The number of carbonyl (C=O) groups is 2. The van der Waals surface area contributed by atoms with Crippen molar-refractivity contribution in [3.8, 4) is 5.75 Å². The molecule has 1 aromatic rings. The second-order valence-electron chi connectivity index (χ2n) is 6.71. The summed E-state index contributed by atoms with van der Waals surface area (Å²) < 4.78 is 29.6. The highest BCUT2D eigenvalue weighted by Gasteiger charge is 2.26. The first-order chi connectivity index (χ1) is 12.5. The van der Waals surface area contributed by atoms with Crippen molar-refractivity contribution >= 4 is 29.4 Å². The van der Waals surface area contributed by atoms with Gasteiger partial charge < -0.3 is 14.2 Å². The summed E-state index contributed by atoms with van der Waals surface area (Å²) in [7, 11) is 0. The third-order valence-electron chi connectivity index (χ3n) is 3.07. The molecule has 1 rings (SSSR count). The number of nitrogens with one attached hydrogen (secondary N) is 1. The molecule has 6 nitrogen and oxygen atoms in total. The maximum absolute atomic E-state index is 14.1. The lowest BCUT2D eigenvalue weighted by Gasteiger charge is -2.18. The van der Waals surface area contributed by atoms with E-state index in [2.05, 4.69) is 11.9 Å². The van der Waals surface area contributed by atoms with Crippen molar-refractivity contribution in [2.45, 2.75) is 46.8 Å². The Bertz CT molecular complexity index is 706. The number of rotatable bonds is 8. The minimum atomic E-state index is -1.30. The molecular weight excluding hydrogens is 377 g/mol. The van der Waals surface area contributed by atoms with Crippen LogP contribution in [0.4, 0.5) is 14.9 Å². The molecular formula is C19H25ClFNO5. The fourth-order valence-electron chi connectivity index (χ4n) is 1.89. The third kappa shape index (κ3) is 7.46. The zero-order chi connectivity index (χ0) is 20.7. The van der Waals surface area contributed by atoms with Gasteiger partial charge in [-0.15, -0.1) is 0 Å². The summed E-state index contributed by atoms with van der Waals surface area (Å²) in [6.07, 6.45) is -2.54. The minimum Gasteiger partial charge on any atom is -0.489 e. The number of carbonyl (C=O) groups excluding carboxylic acids is 2. The van der Waals surface area contributed by atoms with Crippen LogP contribution in [0.5, 0.6) is 5.75 Å². The molecule has 1 aromatic carbocycles. The molecule has 0 aliphatic rings. The second-order valence-corrected chi connectivity index (χ2v) is 7.12. The zero-order valence-electron chi connectivity index (χ0n) is 16.1. The molecule has 0 saturated carbocycles. The summed E-state index contributed by atoms with van der Waals surface area (Å²) in [6, 6.07) is 2.26. The van der Waals surface area contributed by atoms with Crippen LogP contribution in [-0.4, -0.2) is 30.9 Å². The van der Waals surface area contributed by atoms with Crippen molar-refractivity contribution in [2.75, 3.05) is 11.9 Å². The Morgan fingerprint density at radius 1 is 1.26 bits per heavy atom. The van der Waals surface area contributed by atoms with Gasteiger partial charge >= 0.3 is 12.1 Å². The number of ether oxygens (including phenoxy) is 3. The standard InChI is InChI=1S/C19H25ClFNO5/c1-10(2)9-25-18(23)17(11(3)4)27-19(24)22-15-8-16(26-12(5)6)13(20)7-14(15)21/h7-8,10,12,17H,3,9H2,1-2,4-6H3,(H,22,24). The molecule has 0 aromatic heterocycles. The van der Waals surface area contributed by atoms with Gasteiger partial charge in [-0.25, -0.2) is 14.0 Å². The van der Waals surface area contributed by atoms with Crippen LogP contribution in [0.1, 0.15) is 34.6 Å². The lowest BCUT2D eigenvalue weighted by Crippen LogP contribution is -2.32. The van der Waals surface area contributed by atoms with E-state index in [4.69, 9.17) is 25.8 Å². The first-order valence-corrected chi connectivity index (χ1v) is 8.84. The number of benzene rings is 1. The SMILES string of the molecule is C=C(C)C(OC(=O)Nc1cc(OC(C)C)c(Cl)cc1F)C(=O)OCC(C)C. The number of amides is 1. The molecule has 8 heteroatoms. The van der Waals surface area contributed by atoms with Gasteiger partial charge in [0, 0.05) is 6.07 Å². The molecule has 0 bridgehead atoms. The van der Waals surface area contributed by atoms with Gasteiger partial charge in [-0.05, 0) is 38.3 Å². The highest BCUT2D eigenvalue weighted by Crippen LogP contribution is 2.31. The number of hydrogen-bond acceptors (Lipinski definition) is 5. The van der Waals surface area contributed by atoms with E-state index < -0.39 is 24.0 Å². The molecule has 0 spiro atoms. The van der Waals surface area contributed by atoms with Gasteiger partial charge in [0.25, 0.3) is 0 Å². The fraction of sp³-hybridized carbons (Fsp3) is 0.474. The molecule has 1 amide bonds. The van der Waals surface area contributed by atoms with Crippen molar-refractivity contribution in [1.82, 2.24) is 0 Å². The van der Waals surface area contributed by atoms with Crippen molar-refractivity contribution in [1.29, 1.82) is 0 Å². The average molecular weight is 402 g/mol. The Hall–Kier alpha value is -2.28. The molecule has 0 heterocycles. The van der Waals surface area contributed by atoms with Crippen molar-refractivity contribution in [3.63, 3.8) is 0 Å².